The van der Waals surface area contributed by atoms with E-state index < -0.39 is 0 Å². The highest BCUT2D eigenvalue weighted by molar-refractivity contribution is 7.25. The summed E-state index contributed by atoms with van der Waals surface area (Å²) in [6, 6.07) is 61.7. The quantitative estimate of drug-likeness (QED) is 0.159. The molecule has 53 heavy (non-hydrogen) atoms. The molecule has 248 valence electrons. The Morgan fingerprint density at radius 2 is 0.962 bits per heavy atom. The fourth-order valence-corrected chi connectivity index (χ4v) is 10.7. The summed E-state index contributed by atoms with van der Waals surface area (Å²) in [7, 11) is 0. The van der Waals surface area contributed by atoms with E-state index in [0.717, 1.165) is 0 Å². The molecule has 0 aliphatic heterocycles. The molecule has 0 unspecified atom stereocenters. The highest BCUT2D eigenvalue weighted by atomic mass is 32.1. The van der Waals surface area contributed by atoms with Crippen LogP contribution in [-0.4, -0.2) is 4.57 Å². The van der Waals surface area contributed by atoms with Crippen molar-refractivity contribution in [1.82, 2.24) is 4.57 Å². The molecule has 9 aromatic carbocycles. The summed E-state index contributed by atoms with van der Waals surface area (Å²) in [6.07, 6.45) is 0. The summed E-state index contributed by atoms with van der Waals surface area (Å²) < 4.78 is 5.19. The Hall–Kier alpha value is -6.22. The van der Waals surface area contributed by atoms with Crippen LogP contribution in [0.1, 0.15) is 25.0 Å². The van der Waals surface area contributed by atoms with Gasteiger partial charge in [0.15, 0.2) is 0 Å². The molecule has 0 amide bonds. The Morgan fingerprint density at radius 3 is 1.74 bits per heavy atom. The lowest BCUT2D eigenvalue weighted by molar-refractivity contribution is 0.661. The molecule has 0 atom stereocenters. The number of hydrogen-bond acceptors (Lipinski definition) is 1. The summed E-state index contributed by atoms with van der Waals surface area (Å²) in [5, 5.41) is 13.0. The van der Waals surface area contributed by atoms with E-state index >= 15 is 0 Å². The first-order chi connectivity index (χ1) is 26.0. The van der Waals surface area contributed by atoms with Crippen LogP contribution in [0, 0.1) is 0 Å². The van der Waals surface area contributed by atoms with Gasteiger partial charge in [-0.2, -0.15) is 0 Å². The molecule has 2 heterocycles. The van der Waals surface area contributed by atoms with Gasteiger partial charge in [-0.05, 0) is 120 Å². The van der Waals surface area contributed by atoms with Crippen LogP contribution in [0.25, 0.3) is 102 Å². The molecule has 1 aliphatic rings. The van der Waals surface area contributed by atoms with Gasteiger partial charge in [-0.3, -0.25) is 0 Å². The van der Waals surface area contributed by atoms with Gasteiger partial charge in [-0.15, -0.1) is 11.3 Å². The Morgan fingerprint density at radius 1 is 0.377 bits per heavy atom. The maximum Gasteiger partial charge on any atom is 0.0544 e. The molecule has 0 N–H and O–H groups in total. The molecule has 0 fully saturated rings. The van der Waals surface area contributed by atoms with Crippen molar-refractivity contribution >= 4 is 85.6 Å². The van der Waals surface area contributed by atoms with Crippen molar-refractivity contribution < 1.29 is 0 Å². The van der Waals surface area contributed by atoms with Crippen molar-refractivity contribution in [3.8, 4) is 27.9 Å². The molecular formula is C51H33NS. The highest BCUT2D eigenvalue weighted by Crippen LogP contribution is 2.51. The molecule has 0 spiro atoms. The fraction of sp³-hybridized carbons (Fsp3) is 0.0588. The highest BCUT2D eigenvalue weighted by Gasteiger charge is 2.36. The summed E-state index contributed by atoms with van der Waals surface area (Å²) in [5.41, 5.74) is 11.6. The number of rotatable bonds is 2. The summed E-state index contributed by atoms with van der Waals surface area (Å²) >= 11 is 1.87. The predicted molar refractivity (Wildman–Crippen MR) is 229 cm³/mol. The minimum atomic E-state index is -0.0935. The van der Waals surface area contributed by atoms with E-state index in [9.17, 15) is 0 Å². The second-order valence-corrected chi connectivity index (χ2v) is 16.4. The minimum absolute atomic E-state index is 0.0935. The number of nitrogens with zero attached hydrogens (tertiary/aromatic N) is 1. The third-order valence-electron chi connectivity index (χ3n) is 12.2. The van der Waals surface area contributed by atoms with Crippen molar-refractivity contribution in [3.63, 3.8) is 0 Å². The van der Waals surface area contributed by atoms with Gasteiger partial charge in [0.25, 0.3) is 0 Å². The van der Waals surface area contributed by atoms with Crippen LogP contribution in [0.2, 0.25) is 0 Å². The van der Waals surface area contributed by atoms with E-state index in [1.54, 1.807) is 0 Å². The molecule has 0 saturated heterocycles. The largest absolute Gasteiger partial charge is 0.309 e. The summed E-state index contributed by atoms with van der Waals surface area (Å²) in [4.78, 5) is 0. The standard InChI is InChI=1S/C51H33NS/c1-51(2)45-17-9-7-15-38(45)41-28-43-42-25-30(31-20-24-50-44(26-31)39-16-8-10-18-49(39)53-50)19-23-47(42)52(48(43)29-46(41)51)32-21-22-37-35-13-4-3-11-33(35)34-12-5-6-14-36(34)40(37)27-32/h3-29H,1-2H3. The van der Waals surface area contributed by atoms with E-state index in [1.165, 1.54) is 113 Å². The van der Waals surface area contributed by atoms with Gasteiger partial charge in [0.05, 0.1) is 11.0 Å². The first kappa shape index (κ1) is 29.4. The first-order valence-electron chi connectivity index (χ1n) is 18.5. The molecule has 11 aromatic rings. The lowest BCUT2D eigenvalue weighted by Crippen LogP contribution is -2.14. The van der Waals surface area contributed by atoms with E-state index in [1.807, 2.05) is 11.3 Å². The average molecular weight is 692 g/mol. The number of aromatic nitrogens is 1. The third-order valence-corrected chi connectivity index (χ3v) is 13.3. The van der Waals surface area contributed by atoms with E-state index in [2.05, 4.69) is 182 Å². The van der Waals surface area contributed by atoms with Crippen LogP contribution in [0.3, 0.4) is 0 Å². The molecule has 1 aliphatic carbocycles. The lowest BCUT2D eigenvalue weighted by Gasteiger charge is -2.21. The normalized spacial score (nSPS) is 13.6. The average Bonchev–Trinajstić information content (AvgIpc) is 3.81. The van der Waals surface area contributed by atoms with Crippen molar-refractivity contribution in [2.75, 3.05) is 0 Å². The van der Waals surface area contributed by atoms with Gasteiger partial charge >= 0.3 is 0 Å². The van der Waals surface area contributed by atoms with Crippen LogP contribution in [-0.2, 0) is 5.41 Å². The molecule has 2 aromatic heterocycles. The Bertz CT molecular complexity index is 3340. The molecule has 1 nitrogen and oxygen atoms in total. The second-order valence-electron chi connectivity index (χ2n) is 15.3. The fourth-order valence-electron chi connectivity index (χ4n) is 9.61. The van der Waals surface area contributed by atoms with E-state index in [4.69, 9.17) is 0 Å². The van der Waals surface area contributed by atoms with Gasteiger partial charge in [0.1, 0.15) is 0 Å². The van der Waals surface area contributed by atoms with Gasteiger partial charge in [-0.1, -0.05) is 123 Å². The molecule has 0 radical (unpaired) electrons. The zero-order chi connectivity index (χ0) is 35.0. The molecular weight excluding hydrogens is 659 g/mol. The monoisotopic (exact) mass is 691 g/mol. The molecule has 0 bridgehead atoms. The van der Waals surface area contributed by atoms with Crippen LogP contribution in [0.5, 0.6) is 0 Å². The van der Waals surface area contributed by atoms with Gasteiger partial charge in [0.2, 0.25) is 0 Å². The van der Waals surface area contributed by atoms with Gasteiger partial charge in [-0.25, -0.2) is 0 Å². The van der Waals surface area contributed by atoms with Crippen molar-refractivity contribution in [1.29, 1.82) is 0 Å². The second kappa shape index (κ2) is 10.4. The van der Waals surface area contributed by atoms with Gasteiger partial charge < -0.3 is 4.57 Å². The van der Waals surface area contributed by atoms with Crippen molar-refractivity contribution in [3.05, 3.63) is 175 Å². The van der Waals surface area contributed by atoms with Crippen LogP contribution in [0.15, 0.2) is 164 Å². The number of hydrogen-bond donors (Lipinski definition) is 0. The number of thiophene rings is 1. The predicted octanol–water partition coefficient (Wildman–Crippen LogP) is 14.6. The SMILES string of the molecule is CC1(C)c2ccccc2-c2cc3c4cc(-c5ccc6sc7ccccc7c6c5)ccc4n(-c4ccc5c6ccccc6c6ccccc6c5c4)c3cc21. The zero-order valence-corrected chi connectivity index (χ0v) is 30.3. The van der Waals surface area contributed by atoms with Crippen molar-refractivity contribution in [2.24, 2.45) is 0 Å². The molecule has 12 rings (SSSR count). The first-order valence-corrected chi connectivity index (χ1v) is 19.3. The molecule has 0 saturated carbocycles. The maximum absolute atomic E-state index is 2.52. The lowest BCUT2D eigenvalue weighted by atomic mass is 9.82. The van der Waals surface area contributed by atoms with E-state index in [-0.39, 0.29) is 5.41 Å². The number of fused-ring (bicyclic) bond motifs is 15. The molecule has 2 heteroatoms. The van der Waals surface area contributed by atoms with E-state index in [0.29, 0.717) is 0 Å². The zero-order valence-electron chi connectivity index (χ0n) is 29.4. The van der Waals surface area contributed by atoms with Crippen LogP contribution < -0.4 is 0 Å². The van der Waals surface area contributed by atoms with Crippen LogP contribution >= 0.6 is 11.3 Å². The Labute approximate surface area is 311 Å². The van der Waals surface area contributed by atoms with Gasteiger partial charge in [0, 0.05) is 42.0 Å². The van der Waals surface area contributed by atoms with Crippen LogP contribution in [0.4, 0.5) is 0 Å². The summed E-state index contributed by atoms with van der Waals surface area (Å²) in [6.45, 7) is 4.76. The third kappa shape index (κ3) is 3.96. The smallest absolute Gasteiger partial charge is 0.0544 e. The maximum atomic E-state index is 2.52. The van der Waals surface area contributed by atoms with Crippen molar-refractivity contribution in [2.45, 2.75) is 19.3 Å². The Kier molecular flexibility index (Phi) is 5.78. The number of benzene rings is 9. The minimum Gasteiger partial charge on any atom is -0.309 e. The summed E-state index contributed by atoms with van der Waals surface area (Å²) in [5.74, 6) is 0. The topological polar surface area (TPSA) is 4.93 Å². The Balaban J connectivity index is 1.16.